The second-order valence-corrected chi connectivity index (χ2v) is 6.56. The molecule has 6 heteroatoms. The fourth-order valence-corrected chi connectivity index (χ4v) is 2.83. The highest BCUT2D eigenvalue weighted by atomic mass is 16.6. The Hall–Kier alpha value is -1.59. The zero-order chi connectivity index (χ0) is 15.1. The van der Waals surface area contributed by atoms with E-state index in [2.05, 4.69) is 0 Å². The van der Waals surface area contributed by atoms with Crippen molar-refractivity contribution in [3.05, 3.63) is 21.9 Å². The van der Waals surface area contributed by atoms with Gasteiger partial charge in [-0.1, -0.05) is 6.92 Å². The number of fused-ring (bicyclic) bond motifs is 1. The van der Waals surface area contributed by atoms with Crippen LogP contribution in [0.15, 0.2) is 11.8 Å². The van der Waals surface area contributed by atoms with Gasteiger partial charge < -0.3 is 9.64 Å². The highest BCUT2D eigenvalue weighted by Crippen LogP contribution is 2.53. The van der Waals surface area contributed by atoms with Crippen LogP contribution in [0.25, 0.3) is 0 Å². The van der Waals surface area contributed by atoms with Crippen LogP contribution in [0.5, 0.6) is 0 Å². The third kappa shape index (κ3) is 3.11. The number of hydrogen-bond donors (Lipinski definition) is 0. The molecule has 0 aromatic rings. The lowest BCUT2D eigenvalue weighted by Gasteiger charge is -2.25. The second kappa shape index (κ2) is 5.07. The molecule has 2 rings (SSSR count). The Kier molecular flexibility index (Phi) is 3.75. The molecule has 20 heavy (non-hydrogen) atoms. The predicted molar refractivity (Wildman–Crippen MR) is 73.6 cm³/mol. The molecule has 1 aliphatic heterocycles. The van der Waals surface area contributed by atoms with Gasteiger partial charge in [0.2, 0.25) is 5.70 Å². The van der Waals surface area contributed by atoms with Crippen LogP contribution in [-0.4, -0.2) is 34.6 Å². The average Bonchev–Trinajstić information content (AvgIpc) is 2.76. The van der Waals surface area contributed by atoms with Crippen molar-refractivity contribution >= 4 is 6.09 Å². The first-order valence-corrected chi connectivity index (χ1v) is 7.06. The number of ether oxygens (including phenoxy) is 1. The van der Waals surface area contributed by atoms with E-state index in [4.69, 9.17) is 4.74 Å². The number of likely N-dealkylation sites (tertiary alicyclic amines) is 1. The van der Waals surface area contributed by atoms with Crippen molar-refractivity contribution in [3.63, 3.8) is 0 Å². The molecule has 1 amide bonds. The van der Waals surface area contributed by atoms with Gasteiger partial charge in [-0.25, -0.2) is 4.79 Å². The fourth-order valence-electron chi connectivity index (χ4n) is 2.83. The van der Waals surface area contributed by atoms with Gasteiger partial charge >= 0.3 is 6.09 Å². The molecule has 1 heterocycles. The first kappa shape index (κ1) is 14.8. The molecule has 1 saturated heterocycles. The van der Waals surface area contributed by atoms with Crippen molar-refractivity contribution in [2.75, 3.05) is 13.1 Å². The Morgan fingerprint density at radius 3 is 2.35 bits per heavy atom. The smallest absolute Gasteiger partial charge is 0.410 e. The van der Waals surface area contributed by atoms with Crippen molar-refractivity contribution in [1.29, 1.82) is 0 Å². The van der Waals surface area contributed by atoms with E-state index in [1.807, 2.05) is 20.8 Å². The van der Waals surface area contributed by atoms with E-state index < -0.39 is 5.60 Å². The fraction of sp³-hybridized carbons (Fsp3) is 0.786. The number of rotatable bonds is 3. The minimum atomic E-state index is -0.482. The number of hydrogen-bond acceptors (Lipinski definition) is 4. The number of nitrogens with zero attached hydrogens (tertiary/aromatic N) is 2. The van der Waals surface area contributed by atoms with E-state index in [0.29, 0.717) is 31.3 Å². The minimum Gasteiger partial charge on any atom is -0.444 e. The first-order chi connectivity index (χ1) is 9.23. The number of nitro groups is 1. The minimum absolute atomic E-state index is 0.258. The Bertz CT molecular complexity index is 441. The van der Waals surface area contributed by atoms with Crippen LogP contribution in [0.3, 0.4) is 0 Å². The molecule has 0 spiro atoms. The number of carbonyl (C=O) groups excluding carboxylic acids is 1. The maximum Gasteiger partial charge on any atom is 0.410 e. The van der Waals surface area contributed by atoms with E-state index in [1.54, 1.807) is 17.9 Å². The van der Waals surface area contributed by atoms with Gasteiger partial charge in [0.1, 0.15) is 5.60 Å². The van der Waals surface area contributed by atoms with Crippen LogP contribution in [0.4, 0.5) is 4.79 Å². The van der Waals surface area contributed by atoms with E-state index >= 15 is 0 Å². The molecule has 1 saturated carbocycles. The summed E-state index contributed by atoms with van der Waals surface area (Å²) in [5, 5.41) is 10.8. The second-order valence-electron chi connectivity index (χ2n) is 6.56. The molecule has 0 radical (unpaired) electrons. The summed E-state index contributed by atoms with van der Waals surface area (Å²) in [4.78, 5) is 24.1. The molecule has 2 unspecified atom stereocenters. The summed E-state index contributed by atoms with van der Waals surface area (Å²) < 4.78 is 5.33. The lowest BCUT2D eigenvalue weighted by atomic mass is 10.2. The standard InChI is InChI=1S/C14H22N2O4/c1-5-9(16(18)19)6-10-11-7-15(8-12(10)11)13(17)20-14(2,3)4/h6,10-12H,5,7-8H2,1-4H3. The van der Waals surface area contributed by atoms with E-state index in [1.165, 1.54) is 0 Å². The van der Waals surface area contributed by atoms with Gasteiger partial charge in [0.25, 0.3) is 0 Å². The first-order valence-electron chi connectivity index (χ1n) is 7.06. The summed E-state index contributed by atoms with van der Waals surface area (Å²) in [6.45, 7) is 8.62. The summed E-state index contributed by atoms with van der Waals surface area (Å²) in [6.07, 6.45) is 1.94. The highest BCUT2D eigenvalue weighted by molar-refractivity contribution is 5.69. The lowest BCUT2D eigenvalue weighted by Crippen LogP contribution is -2.37. The van der Waals surface area contributed by atoms with Gasteiger partial charge in [0, 0.05) is 19.5 Å². The number of piperidine rings is 1. The van der Waals surface area contributed by atoms with E-state index in [0.717, 1.165) is 0 Å². The van der Waals surface area contributed by atoms with Gasteiger partial charge in [-0.2, -0.15) is 0 Å². The molecular formula is C14H22N2O4. The maximum atomic E-state index is 11.9. The van der Waals surface area contributed by atoms with Crippen LogP contribution in [-0.2, 0) is 4.74 Å². The normalized spacial score (nSPS) is 29.1. The van der Waals surface area contributed by atoms with Gasteiger partial charge in [0.15, 0.2) is 0 Å². The summed E-state index contributed by atoms with van der Waals surface area (Å²) in [7, 11) is 0. The van der Waals surface area contributed by atoms with Crippen LogP contribution in [0.1, 0.15) is 34.1 Å². The zero-order valence-corrected chi connectivity index (χ0v) is 12.5. The van der Waals surface area contributed by atoms with E-state index in [9.17, 15) is 14.9 Å². The van der Waals surface area contributed by atoms with Crippen LogP contribution in [0, 0.1) is 27.9 Å². The molecule has 2 atom stereocenters. The topological polar surface area (TPSA) is 72.7 Å². The SMILES string of the molecule is CCC(=CC1C2CN(C(=O)OC(C)(C)C)CC12)[N+](=O)[O-]. The molecule has 0 bridgehead atoms. The summed E-state index contributed by atoms with van der Waals surface area (Å²) in [5.41, 5.74) is -0.197. The molecule has 6 nitrogen and oxygen atoms in total. The van der Waals surface area contributed by atoms with Gasteiger partial charge in [-0.3, -0.25) is 10.1 Å². The number of allylic oxidation sites excluding steroid dienone is 2. The summed E-state index contributed by atoms with van der Waals surface area (Å²) in [6, 6.07) is 0. The van der Waals surface area contributed by atoms with Crippen molar-refractivity contribution in [3.8, 4) is 0 Å². The molecule has 0 aromatic heterocycles. The molecule has 2 fully saturated rings. The Morgan fingerprint density at radius 1 is 1.40 bits per heavy atom. The van der Waals surface area contributed by atoms with Gasteiger partial charge in [-0.15, -0.1) is 0 Å². The molecule has 0 aromatic carbocycles. The van der Waals surface area contributed by atoms with E-state index in [-0.39, 0.29) is 22.6 Å². The molecule has 2 aliphatic rings. The third-order valence-electron chi connectivity index (χ3n) is 3.89. The summed E-state index contributed by atoms with van der Waals surface area (Å²) in [5.74, 6) is 0.988. The predicted octanol–water partition coefficient (Wildman–Crippen LogP) is 2.67. The zero-order valence-electron chi connectivity index (χ0n) is 12.5. The maximum absolute atomic E-state index is 11.9. The lowest BCUT2D eigenvalue weighted by molar-refractivity contribution is -0.428. The van der Waals surface area contributed by atoms with Crippen LogP contribution in [0.2, 0.25) is 0 Å². The van der Waals surface area contributed by atoms with Crippen LogP contribution >= 0.6 is 0 Å². The molecule has 112 valence electrons. The van der Waals surface area contributed by atoms with Crippen molar-refractivity contribution in [2.45, 2.75) is 39.7 Å². The van der Waals surface area contributed by atoms with Crippen molar-refractivity contribution < 1.29 is 14.5 Å². The number of amides is 1. The van der Waals surface area contributed by atoms with Crippen molar-refractivity contribution in [1.82, 2.24) is 4.90 Å². The molecule has 1 aliphatic carbocycles. The van der Waals surface area contributed by atoms with Crippen LogP contribution < -0.4 is 0 Å². The average molecular weight is 282 g/mol. The highest BCUT2D eigenvalue weighted by Gasteiger charge is 2.56. The molecular weight excluding hydrogens is 260 g/mol. The van der Waals surface area contributed by atoms with Gasteiger partial charge in [-0.05, 0) is 44.6 Å². The summed E-state index contributed by atoms with van der Waals surface area (Å²) >= 11 is 0. The number of carbonyl (C=O) groups is 1. The quantitative estimate of drug-likeness (QED) is 0.589. The Labute approximate surface area is 118 Å². The largest absolute Gasteiger partial charge is 0.444 e. The monoisotopic (exact) mass is 282 g/mol. The Morgan fingerprint density at radius 2 is 1.95 bits per heavy atom. The molecule has 0 N–H and O–H groups in total. The van der Waals surface area contributed by atoms with Crippen molar-refractivity contribution in [2.24, 2.45) is 17.8 Å². The Balaban J connectivity index is 1.88. The van der Waals surface area contributed by atoms with Gasteiger partial charge in [0.05, 0.1) is 4.92 Å². The third-order valence-corrected chi connectivity index (χ3v) is 3.89.